The summed E-state index contributed by atoms with van der Waals surface area (Å²) in [4.78, 5) is 56.3. The van der Waals surface area contributed by atoms with E-state index in [2.05, 4.69) is 50.8 Å². The van der Waals surface area contributed by atoms with Gasteiger partial charge in [0.25, 0.3) is 0 Å². The number of morpholine rings is 3. The molecule has 84 heavy (non-hydrogen) atoms. The first kappa shape index (κ1) is 62.5. The highest BCUT2D eigenvalue weighted by molar-refractivity contribution is 6.28. The number of aryl methyl sites for hydroxylation is 2. The largest absolute Gasteiger partial charge is 0.493 e. The standard InChI is InChI=1S/C22H25N5O4.C14H18N4O3.C10H10ClN3O2.C8H7NO.C4H9NO/c1-14-5-4-6-15(11-14)23-22(28)26-20-16-12-18(29-2)19(30-3)13-17(16)24-21(25-20)27-7-9-31-10-8-27;1-19-11-7-9-10(8-12(11)20-2)16-14(17-13(9)15)18-3-5-21-6-4-18;1-15-7-3-5-6(4-8(7)16-2)13-10(11)14-9(5)12;1-7-3-2-4-8(5-7)9-6-10;1-3-6-4-2-5-1/h4-6,11-13H,7-10H2,1-3H3,(H2,23,24,25,26,28);7-8H,3-6H2,1-2H3,(H2,15,16,17);3-4H,1-2H3,(H2,12,13,14);2-5H,1H3;5H,1-4H2. The predicted molar refractivity (Wildman–Crippen MR) is 324 cm³/mol. The monoisotopic (exact) mass is 1170 g/mol. The number of urea groups is 1. The molecule has 0 spiro atoms. The van der Waals surface area contributed by atoms with E-state index in [9.17, 15) is 9.59 Å². The zero-order valence-electron chi connectivity index (χ0n) is 48.1. The average molecular weight is 1170 g/mol. The lowest BCUT2D eigenvalue weighted by molar-refractivity contribution is 0.109. The van der Waals surface area contributed by atoms with E-state index in [-0.39, 0.29) is 5.28 Å². The van der Waals surface area contributed by atoms with Crippen molar-refractivity contribution in [2.45, 2.75) is 13.8 Å². The van der Waals surface area contributed by atoms with Gasteiger partial charge in [-0.1, -0.05) is 24.3 Å². The number of nitrogens with two attached hydrogens (primary N) is 2. The van der Waals surface area contributed by atoms with Crippen LogP contribution in [0.3, 0.4) is 0 Å². The van der Waals surface area contributed by atoms with Gasteiger partial charge in [-0.15, -0.1) is 0 Å². The smallest absolute Gasteiger partial charge is 0.324 e. The van der Waals surface area contributed by atoms with Crippen LogP contribution in [0.5, 0.6) is 34.5 Å². The number of benzene rings is 5. The molecule has 444 valence electrons. The van der Waals surface area contributed by atoms with Crippen LogP contribution < -0.4 is 65.6 Å². The van der Waals surface area contributed by atoms with Crippen LogP contribution in [0.1, 0.15) is 11.1 Å². The van der Waals surface area contributed by atoms with E-state index in [1.807, 2.05) is 67.3 Å². The van der Waals surface area contributed by atoms with Gasteiger partial charge in [0.05, 0.1) is 105 Å². The van der Waals surface area contributed by atoms with Gasteiger partial charge in [0.15, 0.2) is 34.5 Å². The molecule has 0 radical (unpaired) electrons. The quantitative estimate of drug-likeness (QED) is 0.0466. The number of nitrogen functional groups attached to an aromatic ring is 2. The van der Waals surface area contributed by atoms with Gasteiger partial charge in [-0.2, -0.15) is 15.0 Å². The number of isocyanates is 1. The highest BCUT2D eigenvalue weighted by atomic mass is 35.5. The molecule has 11 rings (SSSR count). The van der Waals surface area contributed by atoms with Crippen molar-refractivity contribution in [3.63, 3.8) is 0 Å². The topological polar surface area (TPSA) is 302 Å². The molecular formula is C58H69ClN14O11. The zero-order chi connectivity index (χ0) is 60.0. The summed E-state index contributed by atoms with van der Waals surface area (Å²) in [6, 6.07) is 25.2. The van der Waals surface area contributed by atoms with E-state index < -0.39 is 6.03 Å². The summed E-state index contributed by atoms with van der Waals surface area (Å²) < 4.78 is 47.5. The van der Waals surface area contributed by atoms with Crippen molar-refractivity contribution in [2.75, 3.05) is 153 Å². The molecule has 3 aliphatic heterocycles. The Balaban J connectivity index is 0.000000165. The van der Waals surface area contributed by atoms with Gasteiger partial charge in [-0.25, -0.2) is 29.5 Å². The molecule has 26 heteroatoms. The number of nitrogens with one attached hydrogen (secondary N) is 3. The third kappa shape index (κ3) is 17.2. The van der Waals surface area contributed by atoms with Crippen molar-refractivity contribution in [2.24, 2.45) is 4.99 Å². The summed E-state index contributed by atoms with van der Waals surface area (Å²) in [5.41, 5.74) is 17.3. The summed E-state index contributed by atoms with van der Waals surface area (Å²) in [5, 5.41) is 11.1. The number of amides is 2. The fourth-order valence-corrected chi connectivity index (χ4v) is 8.71. The van der Waals surface area contributed by atoms with Crippen molar-refractivity contribution in [3.05, 3.63) is 101 Å². The Hall–Kier alpha value is -9.10. The van der Waals surface area contributed by atoms with E-state index in [4.69, 9.17) is 70.7 Å². The second-order valence-corrected chi connectivity index (χ2v) is 18.7. The highest BCUT2D eigenvalue weighted by Gasteiger charge is 2.21. The number of ether oxygens (including phenoxy) is 9. The maximum atomic E-state index is 12.7. The second kappa shape index (κ2) is 31.4. The molecule has 25 nitrogen and oxygen atoms in total. The normalized spacial score (nSPS) is 13.6. The minimum Gasteiger partial charge on any atom is -0.493 e. The molecule has 0 bridgehead atoms. The number of anilines is 6. The predicted octanol–water partition coefficient (Wildman–Crippen LogP) is 7.95. The first-order valence-corrected chi connectivity index (χ1v) is 26.9. The molecule has 3 aromatic heterocycles. The second-order valence-electron chi connectivity index (χ2n) is 18.4. The summed E-state index contributed by atoms with van der Waals surface area (Å²) in [7, 11) is 9.42. The van der Waals surface area contributed by atoms with Crippen LogP contribution in [0.4, 0.5) is 45.5 Å². The number of carbonyl (C=O) groups is 1. The van der Waals surface area contributed by atoms with Crippen LogP contribution in [0.15, 0.2) is 89.9 Å². The summed E-state index contributed by atoms with van der Waals surface area (Å²) >= 11 is 5.72. The molecule has 0 saturated carbocycles. The lowest BCUT2D eigenvalue weighted by atomic mass is 10.2. The van der Waals surface area contributed by atoms with Gasteiger partial charge in [-0.05, 0) is 79.0 Å². The minimum absolute atomic E-state index is 0.109. The fraction of sp³-hybridized carbons (Fsp3) is 0.345. The van der Waals surface area contributed by atoms with Gasteiger partial charge < -0.3 is 74.5 Å². The van der Waals surface area contributed by atoms with Crippen LogP contribution in [-0.4, -0.2) is 164 Å². The minimum atomic E-state index is -0.395. The lowest BCUT2D eigenvalue weighted by Crippen LogP contribution is -2.37. The summed E-state index contributed by atoms with van der Waals surface area (Å²) in [6.07, 6.45) is 1.49. The lowest BCUT2D eigenvalue weighted by Gasteiger charge is -2.27. The van der Waals surface area contributed by atoms with Crippen molar-refractivity contribution >= 4 is 97.1 Å². The van der Waals surface area contributed by atoms with E-state index in [0.717, 1.165) is 61.4 Å². The first-order valence-electron chi connectivity index (χ1n) is 26.5. The Bertz CT molecular complexity index is 3530. The number of rotatable bonds is 11. The molecule has 5 aromatic carbocycles. The SMILES string of the molecule is C1COCCN1.COc1cc2nc(Cl)nc(N)c2cc1OC.COc1cc2nc(N3CCOCC3)nc(N)c2cc1OC.COc1cc2nc(N3CCOCC3)nc(NC(=O)Nc3cccc(C)c3)c2cc1OC.Cc1cccc(N=C=O)c1. The van der Waals surface area contributed by atoms with Gasteiger partial charge in [0.1, 0.15) is 17.5 Å². The molecule has 6 heterocycles. The maximum absolute atomic E-state index is 12.7. The van der Waals surface area contributed by atoms with Crippen molar-refractivity contribution in [1.82, 2.24) is 35.2 Å². The molecule has 0 unspecified atom stereocenters. The molecular weight excluding hydrogens is 1100 g/mol. The van der Waals surface area contributed by atoms with Gasteiger partial charge in [0, 0.05) is 79.3 Å². The van der Waals surface area contributed by atoms with E-state index in [0.29, 0.717) is 137 Å². The van der Waals surface area contributed by atoms with E-state index in [1.54, 1.807) is 79.1 Å². The van der Waals surface area contributed by atoms with Crippen molar-refractivity contribution < 1.29 is 52.2 Å². The highest BCUT2D eigenvalue weighted by Crippen LogP contribution is 2.37. The number of methoxy groups -OCH3 is 6. The number of fused-ring (bicyclic) bond motifs is 3. The van der Waals surface area contributed by atoms with E-state index >= 15 is 0 Å². The zero-order valence-corrected chi connectivity index (χ0v) is 48.9. The Morgan fingerprint density at radius 2 is 1.00 bits per heavy atom. The fourth-order valence-electron chi connectivity index (χ4n) is 8.52. The van der Waals surface area contributed by atoms with E-state index in [1.165, 1.54) is 6.08 Å². The van der Waals surface area contributed by atoms with Crippen molar-refractivity contribution in [1.29, 1.82) is 0 Å². The molecule has 3 aliphatic rings. The van der Waals surface area contributed by atoms with Gasteiger partial charge in [0.2, 0.25) is 23.3 Å². The first-order chi connectivity index (χ1) is 40.8. The Labute approximate surface area is 490 Å². The number of hydrogen-bond acceptors (Lipinski definition) is 23. The molecule has 0 aliphatic carbocycles. The van der Waals surface area contributed by atoms with Crippen LogP contribution in [-0.2, 0) is 19.0 Å². The Kier molecular flexibility index (Phi) is 23.3. The Morgan fingerprint density at radius 3 is 1.46 bits per heavy atom. The molecule has 0 atom stereocenters. The number of carbonyl (C=O) groups excluding carboxylic acids is 2. The molecule has 3 saturated heterocycles. The number of hydrogen-bond donors (Lipinski definition) is 5. The van der Waals surface area contributed by atoms with Crippen LogP contribution in [0.2, 0.25) is 5.28 Å². The molecule has 8 aromatic rings. The molecule has 2 amide bonds. The third-order valence-corrected chi connectivity index (χ3v) is 12.9. The Morgan fingerprint density at radius 1 is 0.560 bits per heavy atom. The van der Waals surface area contributed by atoms with Crippen molar-refractivity contribution in [3.8, 4) is 34.5 Å². The number of aliphatic imine (C=N–C) groups is 1. The average Bonchev–Trinajstić information content (AvgIpc) is 2.12. The number of halogens is 1. The molecule has 7 N–H and O–H groups in total. The van der Waals surface area contributed by atoms with Gasteiger partial charge >= 0.3 is 6.03 Å². The maximum Gasteiger partial charge on any atom is 0.324 e. The molecule has 3 fully saturated rings. The number of nitrogens with zero attached hydrogens (tertiary/aromatic N) is 9. The van der Waals surface area contributed by atoms with Crippen LogP contribution >= 0.6 is 11.6 Å². The van der Waals surface area contributed by atoms with Crippen LogP contribution in [0.25, 0.3) is 32.7 Å². The summed E-state index contributed by atoms with van der Waals surface area (Å²) in [5.74, 6) is 5.74. The summed E-state index contributed by atoms with van der Waals surface area (Å²) in [6.45, 7) is 13.2. The third-order valence-electron chi connectivity index (χ3n) is 12.7. The van der Waals surface area contributed by atoms with Gasteiger partial charge in [-0.3, -0.25) is 5.32 Å². The van der Waals surface area contributed by atoms with Crippen LogP contribution in [0, 0.1) is 13.8 Å². The number of aromatic nitrogens is 6.